The number of hydrogen-bond donors (Lipinski definition) is 7. The van der Waals surface area contributed by atoms with Crippen LogP contribution in [0.2, 0.25) is 0 Å². The third-order valence-electron chi connectivity index (χ3n) is 5.34. The van der Waals surface area contributed by atoms with E-state index in [0.717, 1.165) is 23.8 Å². The van der Waals surface area contributed by atoms with Crippen LogP contribution in [0, 0.1) is 0 Å². The smallest absolute Gasteiger partial charge is 0.387 e. The number of carbonyl (C=O) groups is 2. The van der Waals surface area contributed by atoms with E-state index in [9.17, 15) is 53.4 Å². The summed E-state index contributed by atoms with van der Waals surface area (Å²) in [5, 5.41) is 32.5. The van der Waals surface area contributed by atoms with Crippen LogP contribution in [-0.4, -0.2) is 95.8 Å². The minimum atomic E-state index is -5.56. The van der Waals surface area contributed by atoms with Gasteiger partial charge in [-0.3, -0.25) is 33.0 Å². The highest BCUT2D eigenvalue weighted by Gasteiger charge is 2.49. The third kappa shape index (κ3) is 7.09. The Morgan fingerprint density at radius 3 is 2.39 bits per heavy atom. The maximum absolute atomic E-state index is 12.4. The van der Waals surface area contributed by atoms with Gasteiger partial charge in [-0.2, -0.15) is 4.31 Å². The summed E-state index contributed by atoms with van der Waals surface area (Å²) in [6.07, 6.45) is -10.9. The van der Waals surface area contributed by atoms with Crippen molar-refractivity contribution >= 4 is 27.3 Å². The zero-order valence-electron chi connectivity index (χ0n) is 19.5. The number of nitrogens with one attached hydrogen (secondary N) is 2. The molecule has 0 aliphatic carbocycles. The van der Waals surface area contributed by atoms with Crippen molar-refractivity contribution < 1.29 is 66.7 Å². The molecule has 3 heterocycles. The van der Waals surface area contributed by atoms with Crippen LogP contribution in [0.1, 0.15) is 20.1 Å². The highest BCUT2D eigenvalue weighted by Crippen LogP contribution is 2.61. The van der Waals surface area contributed by atoms with Crippen molar-refractivity contribution in [2.75, 3.05) is 6.61 Å². The van der Waals surface area contributed by atoms with Crippen LogP contribution in [0.4, 0.5) is 0 Å². The third-order valence-corrected chi connectivity index (χ3v) is 7.94. The first-order valence-corrected chi connectivity index (χ1v) is 13.7. The average Bonchev–Trinajstić information content (AvgIpc) is 3.06. The maximum Gasteiger partial charge on any atom is 0.483 e. The average molecular weight is 589 g/mol. The van der Waals surface area contributed by atoms with Gasteiger partial charge >= 0.3 is 21.3 Å². The quantitative estimate of drug-likeness (QED) is 0.138. The van der Waals surface area contributed by atoms with Crippen LogP contribution in [0.3, 0.4) is 0 Å². The van der Waals surface area contributed by atoms with Crippen LogP contribution < -0.4 is 16.6 Å². The topological polar surface area (TPSA) is 282 Å². The molecule has 7 N–H and O–H groups in total. The SMILES string of the molecule is CC(=O)N[C@H]1[C@@H](OP(=O)(O)OP(=O)(O)OC[C@H]2O[C@@H](n3ccc(=O)[nH]c3=O)[C@H](O)[C@@H]2O)O[C@@H](C)C(=O)[C@H]1O. The lowest BCUT2D eigenvalue weighted by atomic mass is 9.99. The molecule has 2 aliphatic heterocycles. The molecule has 3 rings (SSSR count). The van der Waals surface area contributed by atoms with Gasteiger partial charge in [0.05, 0.1) is 6.61 Å². The van der Waals surface area contributed by atoms with Crippen LogP contribution in [0.5, 0.6) is 0 Å². The van der Waals surface area contributed by atoms with E-state index in [1.165, 1.54) is 6.92 Å². The van der Waals surface area contributed by atoms with E-state index in [-0.39, 0.29) is 0 Å². The Bertz CT molecular complexity index is 1270. The molecule has 2 unspecified atom stereocenters. The number of phosphoric acid groups is 2. The zero-order chi connectivity index (χ0) is 28.6. The summed E-state index contributed by atoms with van der Waals surface area (Å²) in [6.45, 7) is 1.16. The molecule has 1 amide bonds. The number of aromatic nitrogens is 2. The van der Waals surface area contributed by atoms with E-state index in [2.05, 4.69) is 18.7 Å². The second-order valence-corrected chi connectivity index (χ2v) is 11.2. The maximum atomic E-state index is 12.4. The lowest BCUT2D eigenvalue weighted by molar-refractivity contribution is -0.197. The number of amides is 1. The molecule has 1 aromatic rings. The molecule has 0 saturated carbocycles. The number of ether oxygens (including phenoxy) is 2. The monoisotopic (exact) mass is 589 g/mol. The fraction of sp³-hybridized carbons (Fsp3) is 0.647. The minimum absolute atomic E-state index is 0.732. The second-order valence-electron chi connectivity index (χ2n) is 8.20. The van der Waals surface area contributed by atoms with Gasteiger partial charge in [-0.25, -0.2) is 13.9 Å². The molecule has 10 atom stereocenters. The Labute approximate surface area is 212 Å². The van der Waals surface area contributed by atoms with Gasteiger partial charge in [0.15, 0.2) is 18.3 Å². The van der Waals surface area contributed by atoms with Crippen molar-refractivity contribution in [2.45, 2.75) is 62.9 Å². The van der Waals surface area contributed by atoms with Gasteiger partial charge < -0.3 is 39.9 Å². The van der Waals surface area contributed by atoms with Gasteiger partial charge in [0.25, 0.3) is 5.56 Å². The van der Waals surface area contributed by atoms with E-state index in [0.29, 0.717) is 0 Å². The summed E-state index contributed by atoms with van der Waals surface area (Å²) in [4.78, 5) is 68.2. The normalized spacial score (nSPS) is 34.9. The molecular weight excluding hydrogens is 564 g/mol. The molecule has 1 aromatic heterocycles. The number of rotatable bonds is 9. The number of carbonyl (C=O) groups excluding carboxylic acids is 2. The van der Waals surface area contributed by atoms with E-state index >= 15 is 0 Å². The lowest BCUT2D eigenvalue weighted by Crippen LogP contribution is -2.61. The van der Waals surface area contributed by atoms with E-state index < -0.39 is 94.3 Å². The van der Waals surface area contributed by atoms with E-state index in [1.807, 2.05) is 4.98 Å². The van der Waals surface area contributed by atoms with Crippen molar-refractivity contribution in [2.24, 2.45) is 0 Å². The van der Waals surface area contributed by atoms with Crippen molar-refractivity contribution in [3.05, 3.63) is 33.1 Å². The molecule has 38 heavy (non-hydrogen) atoms. The first-order chi connectivity index (χ1) is 17.5. The summed E-state index contributed by atoms with van der Waals surface area (Å²) in [6, 6.07) is -0.749. The first-order valence-electron chi connectivity index (χ1n) is 10.7. The van der Waals surface area contributed by atoms with Crippen LogP contribution >= 0.6 is 15.6 Å². The van der Waals surface area contributed by atoms with Gasteiger partial charge in [-0.05, 0) is 6.92 Å². The van der Waals surface area contributed by atoms with Gasteiger partial charge in [0, 0.05) is 19.2 Å². The summed E-state index contributed by atoms with van der Waals surface area (Å²) in [5.41, 5.74) is -1.74. The van der Waals surface area contributed by atoms with Crippen LogP contribution in [0.15, 0.2) is 21.9 Å². The number of Topliss-reactive ketones (excluding diaryl/α,β-unsaturated/α-hetero) is 1. The summed E-state index contributed by atoms with van der Waals surface area (Å²) in [7, 11) is -11.0. The number of nitrogens with zero attached hydrogens (tertiary/aromatic N) is 1. The Hall–Kier alpha value is -2.12. The van der Waals surface area contributed by atoms with E-state index in [1.54, 1.807) is 0 Å². The number of aliphatic hydroxyl groups is 3. The molecular formula is C17H25N3O16P2. The predicted octanol–water partition coefficient (Wildman–Crippen LogP) is -3.41. The standard InChI is InChI=1S/C17H25N3O16P2/c1-6-11(23)13(25)10(18-7(2)21)16(33-6)35-38(30,31)36-37(28,29)32-5-8-12(24)14(26)15(34-8)20-4-3-9(22)19-17(20)27/h3-4,6,8,10,12-16,24-26H,5H2,1-2H3,(H,18,21)(H,28,29)(H,30,31)(H,19,22,27)/t6-,8+,10+,12+,13-,14+,15+,16+/m0/s1. The van der Waals surface area contributed by atoms with Gasteiger partial charge in [-0.15, -0.1) is 0 Å². The molecule has 21 heteroatoms. The number of phosphoric ester groups is 2. The van der Waals surface area contributed by atoms with Crippen molar-refractivity contribution in [3.63, 3.8) is 0 Å². The summed E-state index contributed by atoms with van der Waals surface area (Å²) < 4.78 is 49.1. The van der Waals surface area contributed by atoms with Gasteiger partial charge in [0.2, 0.25) is 5.91 Å². The number of hydrogen-bond acceptors (Lipinski definition) is 14. The van der Waals surface area contributed by atoms with Crippen molar-refractivity contribution in [1.29, 1.82) is 0 Å². The zero-order valence-corrected chi connectivity index (χ0v) is 21.3. The minimum Gasteiger partial charge on any atom is -0.387 e. The summed E-state index contributed by atoms with van der Waals surface area (Å²) >= 11 is 0. The highest BCUT2D eigenvalue weighted by molar-refractivity contribution is 7.61. The molecule has 0 spiro atoms. The molecule has 2 fully saturated rings. The first kappa shape index (κ1) is 30.4. The lowest BCUT2D eigenvalue weighted by Gasteiger charge is -2.37. The molecule has 2 saturated heterocycles. The number of aromatic amines is 1. The molecule has 0 bridgehead atoms. The molecule has 0 radical (unpaired) electrons. The molecule has 2 aliphatic rings. The van der Waals surface area contributed by atoms with Crippen molar-refractivity contribution in [1.82, 2.24) is 14.9 Å². The highest BCUT2D eigenvalue weighted by atomic mass is 31.3. The Morgan fingerprint density at radius 2 is 1.79 bits per heavy atom. The molecule has 214 valence electrons. The Kier molecular flexibility index (Phi) is 9.25. The molecule has 0 aromatic carbocycles. The fourth-order valence-electron chi connectivity index (χ4n) is 3.59. The van der Waals surface area contributed by atoms with Crippen molar-refractivity contribution in [3.8, 4) is 0 Å². The summed E-state index contributed by atoms with van der Waals surface area (Å²) in [5.74, 6) is -1.66. The number of H-pyrrole nitrogens is 1. The van der Waals surface area contributed by atoms with Gasteiger partial charge in [-0.1, -0.05) is 0 Å². The van der Waals surface area contributed by atoms with Crippen LogP contribution in [-0.2, 0) is 41.6 Å². The van der Waals surface area contributed by atoms with Gasteiger partial charge in [0.1, 0.15) is 36.6 Å². The molecule has 19 nitrogen and oxygen atoms in total. The largest absolute Gasteiger partial charge is 0.483 e. The Morgan fingerprint density at radius 1 is 1.13 bits per heavy atom. The number of ketones is 1. The number of aliphatic hydroxyl groups excluding tert-OH is 3. The van der Waals surface area contributed by atoms with Crippen LogP contribution in [0.25, 0.3) is 0 Å². The second kappa shape index (κ2) is 11.5. The fourth-order valence-corrected chi connectivity index (χ4v) is 5.75. The predicted molar refractivity (Wildman–Crippen MR) is 118 cm³/mol. The Balaban J connectivity index is 1.65. The van der Waals surface area contributed by atoms with E-state index in [4.69, 9.17) is 9.47 Å².